The van der Waals surface area contributed by atoms with E-state index >= 15 is 0 Å². The summed E-state index contributed by atoms with van der Waals surface area (Å²) in [6, 6.07) is 0. The van der Waals surface area contributed by atoms with Crippen molar-refractivity contribution < 1.29 is 14.3 Å². The highest BCUT2D eigenvalue weighted by molar-refractivity contribution is 5.89. The number of rotatable bonds is 5. The standard InChI is InChI=1S/C21H38N2O3.ClH/c1-5-25-18-14-21(22,20(18,3)4)19(24)23-12-10-17(11-13-23)26-16-8-6-15(2)7-9-16;/h15-18H,5-14,22H2,1-4H3;1H. The van der Waals surface area contributed by atoms with E-state index in [4.69, 9.17) is 15.2 Å². The number of ether oxygens (including phenoxy) is 2. The van der Waals surface area contributed by atoms with E-state index in [0.29, 0.717) is 25.2 Å². The Bertz CT molecular complexity index is 500. The molecule has 6 heteroatoms. The maximum Gasteiger partial charge on any atom is 0.243 e. The molecule has 2 saturated carbocycles. The minimum Gasteiger partial charge on any atom is -0.378 e. The van der Waals surface area contributed by atoms with Gasteiger partial charge in [-0.1, -0.05) is 20.8 Å². The van der Waals surface area contributed by atoms with Crippen LogP contribution in [0.15, 0.2) is 0 Å². The second-order valence-corrected chi connectivity index (χ2v) is 9.35. The molecule has 2 atom stereocenters. The molecule has 2 N–H and O–H groups in total. The zero-order valence-electron chi connectivity index (χ0n) is 17.5. The lowest BCUT2D eigenvalue weighted by molar-refractivity contribution is -0.181. The lowest BCUT2D eigenvalue weighted by Gasteiger charge is -2.59. The Morgan fingerprint density at radius 2 is 1.63 bits per heavy atom. The average molecular weight is 403 g/mol. The monoisotopic (exact) mass is 402 g/mol. The van der Waals surface area contributed by atoms with Crippen LogP contribution in [-0.2, 0) is 14.3 Å². The number of likely N-dealkylation sites (tertiary alicyclic amines) is 1. The molecule has 0 aromatic heterocycles. The Morgan fingerprint density at radius 3 is 2.15 bits per heavy atom. The van der Waals surface area contributed by atoms with E-state index in [2.05, 4.69) is 20.8 Å². The molecule has 0 aromatic carbocycles. The van der Waals surface area contributed by atoms with Crippen molar-refractivity contribution in [2.75, 3.05) is 19.7 Å². The number of nitrogens with two attached hydrogens (primary N) is 1. The minimum absolute atomic E-state index is 0. The number of carbonyl (C=O) groups is 1. The van der Waals surface area contributed by atoms with Crippen LogP contribution in [0.5, 0.6) is 0 Å². The second-order valence-electron chi connectivity index (χ2n) is 9.35. The molecule has 0 spiro atoms. The normalized spacial score (nSPS) is 36.6. The summed E-state index contributed by atoms with van der Waals surface area (Å²) in [6.45, 7) is 10.7. The van der Waals surface area contributed by atoms with Crippen molar-refractivity contribution in [1.82, 2.24) is 4.90 Å². The van der Waals surface area contributed by atoms with Crippen LogP contribution >= 0.6 is 12.4 Å². The van der Waals surface area contributed by atoms with Gasteiger partial charge in [0, 0.05) is 31.5 Å². The van der Waals surface area contributed by atoms with Gasteiger partial charge in [0.05, 0.1) is 18.3 Å². The summed E-state index contributed by atoms with van der Waals surface area (Å²) < 4.78 is 12.1. The van der Waals surface area contributed by atoms with Gasteiger partial charge < -0.3 is 20.1 Å². The van der Waals surface area contributed by atoms with Gasteiger partial charge in [0.15, 0.2) is 0 Å². The van der Waals surface area contributed by atoms with E-state index in [1.807, 2.05) is 11.8 Å². The number of nitrogens with zero attached hydrogens (tertiary/aromatic N) is 1. The van der Waals surface area contributed by atoms with Crippen LogP contribution in [0.3, 0.4) is 0 Å². The summed E-state index contributed by atoms with van der Waals surface area (Å²) in [5.41, 5.74) is 5.47. The highest BCUT2D eigenvalue weighted by atomic mass is 35.5. The summed E-state index contributed by atoms with van der Waals surface area (Å²) in [4.78, 5) is 15.1. The maximum atomic E-state index is 13.1. The molecule has 3 fully saturated rings. The number of amides is 1. The molecule has 3 aliphatic rings. The highest BCUT2D eigenvalue weighted by Crippen LogP contribution is 2.50. The van der Waals surface area contributed by atoms with Crippen molar-refractivity contribution in [3.05, 3.63) is 0 Å². The molecule has 1 saturated heterocycles. The number of hydrogen-bond donors (Lipinski definition) is 1. The fraction of sp³-hybridized carbons (Fsp3) is 0.952. The minimum atomic E-state index is -0.792. The van der Waals surface area contributed by atoms with Crippen molar-refractivity contribution in [3.63, 3.8) is 0 Å². The first-order chi connectivity index (χ1) is 12.3. The fourth-order valence-corrected chi connectivity index (χ4v) is 4.91. The third-order valence-corrected chi connectivity index (χ3v) is 7.29. The molecule has 1 heterocycles. The summed E-state index contributed by atoms with van der Waals surface area (Å²) in [5.74, 6) is 0.949. The Hall–Kier alpha value is -0.360. The average Bonchev–Trinajstić information content (AvgIpc) is 2.63. The predicted octanol–water partition coefficient (Wildman–Crippen LogP) is 3.53. The van der Waals surface area contributed by atoms with Crippen LogP contribution in [0.25, 0.3) is 0 Å². The van der Waals surface area contributed by atoms with Gasteiger partial charge in [0.25, 0.3) is 0 Å². The first-order valence-electron chi connectivity index (χ1n) is 10.6. The van der Waals surface area contributed by atoms with Crippen LogP contribution in [0.1, 0.15) is 72.6 Å². The fourth-order valence-electron chi connectivity index (χ4n) is 4.91. The molecular weight excluding hydrogens is 364 g/mol. The quantitative estimate of drug-likeness (QED) is 0.763. The van der Waals surface area contributed by atoms with Gasteiger partial charge in [-0.25, -0.2) is 0 Å². The van der Waals surface area contributed by atoms with E-state index in [9.17, 15) is 4.79 Å². The number of hydrogen-bond acceptors (Lipinski definition) is 4. The lowest BCUT2D eigenvalue weighted by atomic mass is 9.54. The molecule has 0 aromatic rings. The summed E-state index contributed by atoms with van der Waals surface area (Å²) in [7, 11) is 0. The van der Waals surface area contributed by atoms with E-state index in [-0.39, 0.29) is 29.8 Å². The smallest absolute Gasteiger partial charge is 0.243 e. The largest absolute Gasteiger partial charge is 0.378 e. The Morgan fingerprint density at radius 1 is 1.07 bits per heavy atom. The van der Waals surface area contributed by atoms with Crippen LogP contribution in [0.2, 0.25) is 0 Å². The van der Waals surface area contributed by atoms with Gasteiger partial charge >= 0.3 is 0 Å². The number of piperidine rings is 1. The molecule has 5 nitrogen and oxygen atoms in total. The molecule has 2 aliphatic carbocycles. The molecule has 3 rings (SSSR count). The molecule has 1 aliphatic heterocycles. The summed E-state index contributed by atoms with van der Waals surface area (Å²) in [5, 5.41) is 0. The van der Waals surface area contributed by atoms with E-state index in [1.54, 1.807) is 0 Å². The molecule has 0 bridgehead atoms. The van der Waals surface area contributed by atoms with E-state index in [1.165, 1.54) is 25.7 Å². The van der Waals surface area contributed by atoms with Gasteiger partial charge in [0.1, 0.15) is 5.54 Å². The first kappa shape index (κ1) is 22.9. The Balaban J connectivity index is 0.00000261. The number of carbonyl (C=O) groups excluding carboxylic acids is 1. The molecule has 0 radical (unpaired) electrons. The molecule has 158 valence electrons. The topological polar surface area (TPSA) is 64.8 Å². The molecule has 1 amide bonds. The van der Waals surface area contributed by atoms with Crippen LogP contribution in [-0.4, -0.2) is 54.4 Å². The highest BCUT2D eigenvalue weighted by Gasteiger charge is 2.63. The van der Waals surface area contributed by atoms with E-state index in [0.717, 1.165) is 31.8 Å². The maximum absolute atomic E-state index is 13.1. The Labute approximate surface area is 171 Å². The van der Waals surface area contributed by atoms with Crippen molar-refractivity contribution in [3.8, 4) is 0 Å². The van der Waals surface area contributed by atoms with Gasteiger partial charge in [0.2, 0.25) is 5.91 Å². The predicted molar refractivity (Wildman–Crippen MR) is 110 cm³/mol. The summed E-state index contributed by atoms with van der Waals surface area (Å²) >= 11 is 0. The number of halogens is 1. The van der Waals surface area contributed by atoms with Crippen molar-refractivity contribution in [2.45, 2.75) is 96.5 Å². The van der Waals surface area contributed by atoms with Crippen LogP contribution in [0, 0.1) is 11.3 Å². The van der Waals surface area contributed by atoms with Gasteiger partial charge in [-0.15, -0.1) is 12.4 Å². The summed E-state index contributed by atoms with van der Waals surface area (Å²) in [6.07, 6.45) is 8.26. The van der Waals surface area contributed by atoms with Crippen molar-refractivity contribution >= 4 is 18.3 Å². The third kappa shape index (κ3) is 4.47. The van der Waals surface area contributed by atoms with Crippen molar-refractivity contribution in [1.29, 1.82) is 0 Å². The SMILES string of the molecule is CCOC1CC(N)(C(=O)N2CCC(OC3CCC(C)CC3)CC2)C1(C)C.Cl. The zero-order chi connectivity index (χ0) is 18.9. The van der Waals surface area contributed by atoms with Gasteiger partial charge in [-0.2, -0.15) is 0 Å². The van der Waals surface area contributed by atoms with Gasteiger partial charge in [-0.3, -0.25) is 4.79 Å². The Kier molecular flexibility index (Phi) is 7.62. The first-order valence-corrected chi connectivity index (χ1v) is 10.6. The van der Waals surface area contributed by atoms with E-state index < -0.39 is 5.54 Å². The van der Waals surface area contributed by atoms with Crippen LogP contribution in [0.4, 0.5) is 0 Å². The lowest BCUT2D eigenvalue weighted by Crippen LogP contribution is -2.76. The molecule has 27 heavy (non-hydrogen) atoms. The van der Waals surface area contributed by atoms with Crippen LogP contribution < -0.4 is 5.73 Å². The molecule has 2 unspecified atom stereocenters. The second kappa shape index (κ2) is 8.98. The van der Waals surface area contributed by atoms with Gasteiger partial charge in [-0.05, 0) is 51.4 Å². The molecular formula is C21H39ClN2O3. The third-order valence-electron chi connectivity index (χ3n) is 7.29. The zero-order valence-corrected chi connectivity index (χ0v) is 18.4. The van der Waals surface area contributed by atoms with Crippen molar-refractivity contribution in [2.24, 2.45) is 17.1 Å².